The zero-order chi connectivity index (χ0) is 22.9. The highest BCUT2D eigenvalue weighted by Crippen LogP contribution is 2.40. The Labute approximate surface area is 188 Å². The second-order valence-electron chi connectivity index (χ2n) is 10.0. The van der Waals surface area contributed by atoms with Gasteiger partial charge in [0, 0.05) is 36.6 Å². The molecule has 1 aromatic heterocycles. The Morgan fingerprint density at radius 3 is 2.66 bits per heavy atom. The van der Waals surface area contributed by atoms with Crippen LogP contribution in [0.5, 0.6) is 0 Å². The Balaban J connectivity index is 1.45. The minimum atomic E-state index is -1.16. The molecule has 1 amide bonds. The molecule has 2 aromatic rings. The van der Waals surface area contributed by atoms with Gasteiger partial charge in [-0.05, 0) is 30.9 Å². The summed E-state index contributed by atoms with van der Waals surface area (Å²) in [7, 11) is 0. The van der Waals surface area contributed by atoms with Crippen LogP contribution in [0.3, 0.4) is 0 Å². The third-order valence-electron chi connectivity index (χ3n) is 7.45. The number of likely N-dealkylation sites (tertiary alicyclic amines) is 1. The summed E-state index contributed by atoms with van der Waals surface area (Å²) in [5.74, 6) is 0.409. The lowest BCUT2D eigenvalue weighted by Gasteiger charge is -2.50. The highest BCUT2D eigenvalue weighted by molar-refractivity contribution is 5.76. The van der Waals surface area contributed by atoms with Crippen molar-refractivity contribution in [3.63, 3.8) is 0 Å². The normalized spacial score (nSPS) is 23.1. The van der Waals surface area contributed by atoms with Crippen molar-refractivity contribution < 1.29 is 14.3 Å². The van der Waals surface area contributed by atoms with Gasteiger partial charge in [-0.3, -0.25) is 14.2 Å². The lowest BCUT2D eigenvalue weighted by molar-refractivity contribution is -0.154. The molecular weight excluding hydrogens is 409 g/mol. The molecule has 1 unspecified atom stereocenters. The number of halogens is 1. The maximum atomic E-state index is 14.0. The number of amides is 1. The van der Waals surface area contributed by atoms with Crippen LogP contribution in [0.25, 0.3) is 11.3 Å². The van der Waals surface area contributed by atoms with Crippen LogP contribution in [0.4, 0.5) is 4.39 Å². The van der Waals surface area contributed by atoms with E-state index < -0.39 is 16.8 Å². The van der Waals surface area contributed by atoms with Crippen molar-refractivity contribution in [2.75, 3.05) is 13.1 Å². The Kier molecular flexibility index (Phi) is 6.21. The van der Waals surface area contributed by atoms with E-state index >= 15 is 0 Å². The summed E-state index contributed by atoms with van der Waals surface area (Å²) >= 11 is 0. The fourth-order valence-corrected chi connectivity index (χ4v) is 4.78. The van der Waals surface area contributed by atoms with Crippen molar-refractivity contribution in [3.8, 4) is 11.3 Å². The van der Waals surface area contributed by atoms with E-state index in [2.05, 4.69) is 4.98 Å². The number of carbonyl (C=O) groups excluding carboxylic acids is 1. The summed E-state index contributed by atoms with van der Waals surface area (Å²) in [6.07, 6.45) is 7.02. The van der Waals surface area contributed by atoms with Gasteiger partial charge in [0.05, 0.1) is 24.2 Å². The van der Waals surface area contributed by atoms with E-state index in [1.54, 1.807) is 18.2 Å². The Hall–Kier alpha value is -2.54. The molecular formula is C25H32FN3O3. The molecule has 1 aromatic carbocycles. The molecule has 2 fully saturated rings. The van der Waals surface area contributed by atoms with E-state index in [1.807, 2.05) is 18.7 Å². The second kappa shape index (κ2) is 8.77. The number of nitrogens with zero attached hydrogens (tertiary/aromatic N) is 3. The molecule has 0 spiro atoms. The van der Waals surface area contributed by atoms with Gasteiger partial charge >= 0.3 is 0 Å². The predicted octanol–water partition coefficient (Wildman–Crippen LogP) is 3.62. The van der Waals surface area contributed by atoms with Gasteiger partial charge in [-0.25, -0.2) is 9.37 Å². The van der Waals surface area contributed by atoms with E-state index in [1.165, 1.54) is 42.3 Å². The Bertz CT molecular complexity index is 1050. The largest absolute Gasteiger partial charge is 0.387 e. The van der Waals surface area contributed by atoms with Crippen molar-refractivity contribution in [3.05, 3.63) is 52.8 Å². The maximum Gasteiger partial charge on any atom is 0.253 e. The number of hydrogen-bond acceptors (Lipinski definition) is 4. The molecule has 1 saturated carbocycles. The third kappa shape index (κ3) is 4.49. The first-order valence-electron chi connectivity index (χ1n) is 11.5. The fraction of sp³-hybridized carbons (Fsp3) is 0.560. The summed E-state index contributed by atoms with van der Waals surface area (Å²) in [4.78, 5) is 31.6. The minimum absolute atomic E-state index is 0.0769. The number of piperidine rings is 1. The molecule has 2 heterocycles. The second-order valence-corrected chi connectivity index (χ2v) is 10.0. The summed E-state index contributed by atoms with van der Waals surface area (Å²) in [5, 5.41) is 11.5. The number of aliphatic hydroxyl groups is 1. The van der Waals surface area contributed by atoms with E-state index in [0.717, 1.165) is 6.42 Å². The minimum Gasteiger partial charge on any atom is -0.387 e. The maximum absolute atomic E-state index is 14.0. The lowest BCUT2D eigenvalue weighted by Crippen LogP contribution is -2.60. The van der Waals surface area contributed by atoms with Gasteiger partial charge in [-0.1, -0.05) is 45.2 Å². The van der Waals surface area contributed by atoms with Crippen LogP contribution in [-0.2, 0) is 11.3 Å². The number of carbonyl (C=O) groups is 1. The van der Waals surface area contributed by atoms with Crippen LogP contribution in [0.1, 0.15) is 52.4 Å². The van der Waals surface area contributed by atoms with Crippen LogP contribution < -0.4 is 5.56 Å². The first-order chi connectivity index (χ1) is 15.2. The molecule has 172 valence electrons. The van der Waals surface area contributed by atoms with Crippen LogP contribution in [-0.4, -0.2) is 44.2 Å². The molecule has 1 saturated heterocycles. The zero-order valence-electron chi connectivity index (χ0n) is 18.9. The molecule has 1 aliphatic heterocycles. The highest BCUT2D eigenvalue weighted by Gasteiger charge is 2.48. The van der Waals surface area contributed by atoms with Gasteiger partial charge in [-0.2, -0.15) is 0 Å². The summed E-state index contributed by atoms with van der Waals surface area (Å²) in [6, 6.07) is 7.49. The quantitative estimate of drug-likeness (QED) is 0.743. The molecule has 6 nitrogen and oxygen atoms in total. The molecule has 7 heteroatoms. The first-order valence-corrected chi connectivity index (χ1v) is 11.5. The fourth-order valence-electron chi connectivity index (χ4n) is 4.78. The molecule has 32 heavy (non-hydrogen) atoms. The monoisotopic (exact) mass is 441 g/mol. The van der Waals surface area contributed by atoms with Gasteiger partial charge in [-0.15, -0.1) is 0 Å². The molecule has 1 N–H and O–H groups in total. The summed E-state index contributed by atoms with van der Waals surface area (Å²) in [5.41, 5.74) is -1.57. The van der Waals surface area contributed by atoms with Gasteiger partial charge in [0.15, 0.2) is 0 Å². The molecule has 1 atom stereocenters. The standard InChI is InChI=1S/C25H32FN3O3/c1-24(2)15-28(22(30)11-10-18-6-5-7-18)13-12-25(24,32)16-29-17-27-21(14-23(29)31)19-8-3-4-9-20(19)26/h3-4,8-9,14,17-18,32H,5-7,10-13,15-16H2,1-2H3. The van der Waals surface area contributed by atoms with Crippen LogP contribution in [0.2, 0.25) is 0 Å². The first kappa shape index (κ1) is 22.6. The smallest absolute Gasteiger partial charge is 0.253 e. The summed E-state index contributed by atoms with van der Waals surface area (Å²) < 4.78 is 15.4. The number of hydrogen-bond donors (Lipinski definition) is 1. The number of benzene rings is 1. The number of rotatable bonds is 6. The van der Waals surface area contributed by atoms with Gasteiger partial charge in [0.25, 0.3) is 5.56 Å². The van der Waals surface area contributed by atoms with Crippen molar-refractivity contribution in [1.82, 2.24) is 14.5 Å². The third-order valence-corrected chi connectivity index (χ3v) is 7.45. The van der Waals surface area contributed by atoms with E-state index in [-0.39, 0.29) is 29.3 Å². The lowest BCUT2D eigenvalue weighted by atomic mass is 9.69. The van der Waals surface area contributed by atoms with E-state index in [9.17, 15) is 19.1 Å². The van der Waals surface area contributed by atoms with Gasteiger partial charge in [0.2, 0.25) is 5.91 Å². The van der Waals surface area contributed by atoms with E-state index in [0.29, 0.717) is 31.8 Å². The molecule has 4 rings (SSSR count). The van der Waals surface area contributed by atoms with Crippen molar-refractivity contribution in [1.29, 1.82) is 0 Å². The van der Waals surface area contributed by atoms with Crippen molar-refractivity contribution >= 4 is 5.91 Å². The Morgan fingerprint density at radius 1 is 1.28 bits per heavy atom. The zero-order valence-corrected chi connectivity index (χ0v) is 18.9. The van der Waals surface area contributed by atoms with Crippen LogP contribution >= 0.6 is 0 Å². The molecule has 0 radical (unpaired) electrons. The van der Waals surface area contributed by atoms with Crippen LogP contribution in [0, 0.1) is 17.2 Å². The SMILES string of the molecule is CC1(C)CN(C(=O)CCC2CCC2)CCC1(O)Cn1cnc(-c2ccccc2F)cc1=O. The summed E-state index contributed by atoms with van der Waals surface area (Å²) in [6.45, 7) is 4.87. The number of aromatic nitrogens is 2. The Morgan fingerprint density at radius 2 is 2.03 bits per heavy atom. The van der Waals surface area contributed by atoms with Gasteiger partial charge in [0.1, 0.15) is 5.82 Å². The van der Waals surface area contributed by atoms with Crippen molar-refractivity contribution in [2.24, 2.45) is 11.3 Å². The molecule has 1 aliphatic carbocycles. The molecule has 0 bridgehead atoms. The average Bonchev–Trinajstić information content (AvgIpc) is 2.71. The van der Waals surface area contributed by atoms with E-state index in [4.69, 9.17) is 0 Å². The molecule has 2 aliphatic rings. The highest BCUT2D eigenvalue weighted by atomic mass is 19.1. The van der Waals surface area contributed by atoms with Gasteiger partial charge < -0.3 is 10.0 Å². The van der Waals surface area contributed by atoms with Crippen molar-refractivity contribution in [2.45, 2.75) is 64.5 Å². The van der Waals surface area contributed by atoms with Crippen LogP contribution in [0.15, 0.2) is 41.5 Å². The topological polar surface area (TPSA) is 75.4 Å². The predicted molar refractivity (Wildman–Crippen MR) is 120 cm³/mol. The average molecular weight is 442 g/mol.